The first-order valence-electron chi connectivity index (χ1n) is 8.01. The van der Waals surface area contributed by atoms with Crippen molar-refractivity contribution < 1.29 is 14.3 Å². The van der Waals surface area contributed by atoms with Crippen LogP contribution in [-0.4, -0.2) is 19.2 Å². The van der Waals surface area contributed by atoms with Crippen LogP contribution in [0.2, 0.25) is 0 Å². The van der Waals surface area contributed by atoms with Gasteiger partial charge in [0, 0.05) is 28.3 Å². The van der Waals surface area contributed by atoms with Crippen molar-refractivity contribution >= 4 is 33.3 Å². The fourth-order valence-corrected chi connectivity index (χ4v) is 2.64. The summed E-state index contributed by atoms with van der Waals surface area (Å²) in [7, 11) is 0. The van der Waals surface area contributed by atoms with Crippen molar-refractivity contribution in [1.82, 2.24) is 5.32 Å². The molecule has 0 aliphatic rings. The number of hydrogen-bond donors (Lipinski definition) is 3. The minimum absolute atomic E-state index is 0.287. The van der Waals surface area contributed by atoms with Gasteiger partial charge in [0.15, 0.2) is 0 Å². The van der Waals surface area contributed by atoms with Crippen molar-refractivity contribution in [3.05, 3.63) is 46.4 Å². The van der Waals surface area contributed by atoms with E-state index >= 15 is 0 Å². The van der Waals surface area contributed by atoms with Crippen LogP contribution in [0.15, 0.2) is 40.9 Å². The Bertz CT molecular complexity index is 738. The Hall–Kier alpha value is -2.41. The number of nitrogens with one attached hydrogen (secondary N) is 2. The Morgan fingerprint density at radius 1 is 1.12 bits per heavy atom. The summed E-state index contributed by atoms with van der Waals surface area (Å²) < 4.78 is 12.0. The Morgan fingerprint density at radius 3 is 2.52 bits per heavy atom. The molecule has 4 N–H and O–H groups in total. The average Bonchev–Trinajstić information content (AvgIpc) is 2.56. The molecule has 0 spiro atoms. The Balaban J connectivity index is 2.07. The monoisotopic (exact) mass is 407 g/mol. The molecule has 0 unspecified atom stereocenters. The maximum absolute atomic E-state index is 12.1. The molecule has 0 bridgehead atoms. The molecule has 0 saturated carbocycles. The smallest absolute Gasteiger partial charge is 0.319 e. The van der Waals surface area contributed by atoms with E-state index in [1.54, 1.807) is 12.1 Å². The summed E-state index contributed by atoms with van der Waals surface area (Å²) in [6, 6.07) is 10.6. The first-order chi connectivity index (χ1) is 12.0. The molecule has 0 fully saturated rings. The molecular weight excluding hydrogens is 386 g/mol. The van der Waals surface area contributed by atoms with Gasteiger partial charge in [-0.3, -0.25) is 0 Å². The number of carbonyl (C=O) groups is 1. The van der Waals surface area contributed by atoms with Crippen molar-refractivity contribution in [2.45, 2.75) is 20.4 Å². The molecule has 25 heavy (non-hydrogen) atoms. The number of carbonyl (C=O) groups excluding carboxylic acids is 1. The van der Waals surface area contributed by atoms with Gasteiger partial charge >= 0.3 is 6.03 Å². The second kappa shape index (κ2) is 9.17. The Kier molecular flexibility index (Phi) is 6.94. The standard InChI is InChI=1S/C18H22BrN3O3/c1-3-24-16-10-15(20)17(25-4-2)8-12(16)11-21-18(23)22-14-7-5-6-13(19)9-14/h5-10H,3-4,11,20H2,1-2H3,(H2,21,22,23). The molecule has 0 aromatic heterocycles. The van der Waals surface area contributed by atoms with E-state index in [0.717, 1.165) is 10.0 Å². The lowest BCUT2D eigenvalue weighted by Gasteiger charge is -2.15. The van der Waals surface area contributed by atoms with E-state index in [2.05, 4.69) is 26.6 Å². The van der Waals surface area contributed by atoms with Gasteiger partial charge in [-0.05, 0) is 38.1 Å². The highest BCUT2D eigenvalue weighted by atomic mass is 79.9. The van der Waals surface area contributed by atoms with Crippen LogP contribution in [0.5, 0.6) is 11.5 Å². The van der Waals surface area contributed by atoms with E-state index in [-0.39, 0.29) is 12.6 Å². The third-order valence-electron chi connectivity index (χ3n) is 3.31. The number of nitrogen functional groups attached to an aromatic ring is 1. The van der Waals surface area contributed by atoms with E-state index < -0.39 is 0 Å². The van der Waals surface area contributed by atoms with Gasteiger partial charge in [-0.2, -0.15) is 0 Å². The van der Waals surface area contributed by atoms with Crippen LogP contribution in [0.3, 0.4) is 0 Å². The summed E-state index contributed by atoms with van der Waals surface area (Å²) in [6.07, 6.45) is 0. The number of ether oxygens (including phenoxy) is 2. The van der Waals surface area contributed by atoms with E-state index in [1.165, 1.54) is 0 Å². The highest BCUT2D eigenvalue weighted by Crippen LogP contribution is 2.31. The largest absolute Gasteiger partial charge is 0.493 e. The highest BCUT2D eigenvalue weighted by molar-refractivity contribution is 9.10. The van der Waals surface area contributed by atoms with Crippen molar-refractivity contribution in [1.29, 1.82) is 0 Å². The lowest BCUT2D eigenvalue weighted by Crippen LogP contribution is -2.28. The molecule has 7 heteroatoms. The molecule has 2 aromatic rings. The molecule has 0 aliphatic heterocycles. The third kappa shape index (κ3) is 5.56. The van der Waals surface area contributed by atoms with Crippen LogP contribution < -0.4 is 25.8 Å². The summed E-state index contributed by atoms with van der Waals surface area (Å²) in [5.74, 6) is 1.21. The van der Waals surface area contributed by atoms with Crippen LogP contribution >= 0.6 is 15.9 Å². The molecular formula is C18H22BrN3O3. The van der Waals surface area contributed by atoms with Gasteiger partial charge in [0.25, 0.3) is 0 Å². The van der Waals surface area contributed by atoms with Gasteiger partial charge < -0.3 is 25.8 Å². The molecule has 2 rings (SSSR count). The zero-order valence-corrected chi connectivity index (χ0v) is 15.9. The van der Waals surface area contributed by atoms with Gasteiger partial charge in [-0.25, -0.2) is 4.79 Å². The number of amides is 2. The molecule has 0 saturated heterocycles. The molecule has 2 amide bonds. The Morgan fingerprint density at radius 2 is 1.84 bits per heavy atom. The van der Waals surface area contributed by atoms with Crippen molar-refractivity contribution in [2.24, 2.45) is 0 Å². The number of benzene rings is 2. The molecule has 6 nitrogen and oxygen atoms in total. The summed E-state index contributed by atoms with van der Waals surface area (Å²) >= 11 is 3.37. The Labute approximate surface area is 155 Å². The number of nitrogens with two attached hydrogens (primary N) is 1. The zero-order valence-electron chi connectivity index (χ0n) is 14.3. The van der Waals surface area contributed by atoms with E-state index in [0.29, 0.717) is 36.1 Å². The van der Waals surface area contributed by atoms with Crippen LogP contribution in [-0.2, 0) is 6.54 Å². The second-order valence-electron chi connectivity index (χ2n) is 5.18. The second-order valence-corrected chi connectivity index (χ2v) is 6.10. The number of urea groups is 1. The minimum atomic E-state index is -0.310. The van der Waals surface area contributed by atoms with Gasteiger partial charge in [-0.15, -0.1) is 0 Å². The average molecular weight is 408 g/mol. The summed E-state index contributed by atoms with van der Waals surface area (Å²) in [6.45, 7) is 5.08. The molecule has 0 aliphatic carbocycles. The van der Waals surface area contributed by atoms with Crippen molar-refractivity contribution in [3.63, 3.8) is 0 Å². The minimum Gasteiger partial charge on any atom is -0.493 e. The number of anilines is 2. The fourth-order valence-electron chi connectivity index (χ4n) is 2.24. The predicted molar refractivity (Wildman–Crippen MR) is 103 cm³/mol. The number of hydrogen-bond acceptors (Lipinski definition) is 4. The van der Waals surface area contributed by atoms with Gasteiger partial charge in [-0.1, -0.05) is 22.0 Å². The van der Waals surface area contributed by atoms with Gasteiger partial charge in [0.2, 0.25) is 0 Å². The lowest BCUT2D eigenvalue weighted by molar-refractivity contribution is 0.251. The van der Waals surface area contributed by atoms with Gasteiger partial charge in [0.05, 0.1) is 18.9 Å². The maximum Gasteiger partial charge on any atom is 0.319 e. The van der Waals surface area contributed by atoms with Gasteiger partial charge in [0.1, 0.15) is 11.5 Å². The van der Waals surface area contributed by atoms with Crippen LogP contribution in [0.25, 0.3) is 0 Å². The number of halogens is 1. The summed E-state index contributed by atoms with van der Waals surface area (Å²) in [4.78, 5) is 12.1. The predicted octanol–water partition coefficient (Wildman–Crippen LogP) is 4.15. The summed E-state index contributed by atoms with van der Waals surface area (Å²) in [5, 5.41) is 5.59. The van der Waals surface area contributed by atoms with E-state index in [9.17, 15) is 4.79 Å². The molecule has 0 radical (unpaired) electrons. The first kappa shape index (κ1) is 18.9. The molecule has 0 atom stereocenters. The van der Waals surface area contributed by atoms with Crippen molar-refractivity contribution in [3.8, 4) is 11.5 Å². The molecule has 134 valence electrons. The zero-order chi connectivity index (χ0) is 18.2. The normalized spacial score (nSPS) is 10.2. The molecule has 2 aromatic carbocycles. The quantitative estimate of drug-likeness (QED) is 0.601. The van der Waals surface area contributed by atoms with Crippen molar-refractivity contribution in [2.75, 3.05) is 24.3 Å². The topological polar surface area (TPSA) is 85.6 Å². The van der Waals surface area contributed by atoms with E-state index in [4.69, 9.17) is 15.2 Å². The first-order valence-corrected chi connectivity index (χ1v) is 8.81. The van der Waals surface area contributed by atoms with E-state index in [1.807, 2.05) is 38.1 Å². The van der Waals surface area contributed by atoms with Crippen LogP contribution in [0.1, 0.15) is 19.4 Å². The lowest BCUT2D eigenvalue weighted by atomic mass is 10.1. The number of rotatable bonds is 7. The SMILES string of the molecule is CCOc1cc(CNC(=O)Nc2cccc(Br)c2)c(OCC)cc1N. The third-order valence-corrected chi connectivity index (χ3v) is 3.81. The van der Waals surface area contributed by atoms with Crippen LogP contribution in [0.4, 0.5) is 16.2 Å². The summed E-state index contributed by atoms with van der Waals surface area (Å²) in [5.41, 5.74) is 7.97. The van der Waals surface area contributed by atoms with Crippen LogP contribution in [0, 0.1) is 0 Å². The highest BCUT2D eigenvalue weighted by Gasteiger charge is 2.11. The maximum atomic E-state index is 12.1. The molecule has 0 heterocycles. The fraction of sp³-hybridized carbons (Fsp3) is 0.278.